The molecule has 2 fully saturated rings. The summed E-state index contributed by atoms with van der Waals surface area (Å²) in [5, 5.41) is 3.69. The molecule has 0 spiro atoms. The van der Waals surface area contributed by atoms with Gasteiger partial charge in [0.2, 0.25) is 0 Å². The van der Waals surface area contributed by atoms with E-state index in [1.807, 2.05) is 12.1 Å². The van der Waals surface area contributed by atoms with E-state index in [1.54, 1.807) is 17.8 Å². The first-order chi connectivity index (χ1) is 8.84. The molecule has 0 heterocycles. The van der Waals surface area contributed by atoms with E-state index in [1.165, 1.54) is 31.7 Å². The topological polar surface area (TPSA) is 12.0 Å². The number of nitrogens with one attached hydrogen (secondary N) is 1. The van der Waals surface area contributed by atoms with Crippen molar-refractivity contribution in [2.24, 2.45) is 11.8 Å². The Bertz CT molecular complexity index is 389. The van der Waals surface area contributed by atoms with E-state index in [-0.39, 0.29) is 5.82 Å². The summed E-state index contributed by atoms with van der Waals surface area (Å²) in [7, 11) is 0. The van der Waals surface area contributed by atoms with Crippen molar-refractivity contribution < 1.29 is 4.39 Å². The molecular weight excluding hydrogens is 245 g/mol. The van der Waals surface area contributed by atoms with Gasteiger partial charge in [-0.3, -0.25) is 0 Å². The molecule has 0 saturated heterocycles. The molecule has 1 N–H and O–H groups in total. The highest BCUT2D eigenvalue weighted by Crippen LogP contribution is 2.44. The molecule has 18 heavy (non-hydrogen) atoms. The number of halogens is 1. The lowest BCUT2D eigenvalue weighted by Gasteiger charge is -2.17. The van der Waals surface area contributed by atoms with Gasteiger partial charge in [-0.2, -0.15) is 0 Å². The minimum absolute atomic E-state index is 0.0940. The van der Waals surface area contributed by atoms with Crippen LogP contribution in [0.15, 0.2) is 29.2 Å². The highest BCUT2D eigenvalue weighted by Gasteiger charge is 2.40. The fourth-order valence-corrected chi connectivity index (χ4v) is 3.40. The molecule has 0 radical (unpaired) electrons. The molecule has 0 aliphatic heterocycles. The summed E-state index contributed by atoms with van der Waals surface area (Å²) < 4.78 is 13.4. The Hall–Kier alpha value is -0.540. The van der Waals surface area contributed by atoms with Gasteiger partial charge in [-0.25, -0.2) is 4.39 Å². The first kappa shape index (κ1) is 12.5. The van der Waals surface area contributed by atoms with Crippen LogP contribution in [0.1, 0.15) is 25.7 Å². The van der Waals surface area contributed by atoms with Gasteiger partial charge in [0.25, 0.3) is 0 Å². The van der Waals surface area contributed by atoms with E-state index >= 15 is 0 Å². The molecule has 0 aromatic heterocycles. The van der Waals surface area contributed by atoms with Crippen molar-refractivity contribution in [3.05, 3.63) is 30.1 Å². The van der Waals surface area contributed by atoms with Crippen molar-refractivity contribution in [1.29, 1.82) is 0 Å². The van der Waals surface area contributed by atoms with Crippen LogP contribution in [0, 0.1) is 17.7 Å². The second-order valence-corrected chi connectivity index (χ2v) is 6.57. The van der Waals surface area contributed by atoms with Crippen molar-refractivity contribution in [2.45, 2.75) is 36.6 Å². The maximum Gasteiger partial charge on any atom is 0.136 e. The van der Waals surface area contributed by atoms with Crippen LogP contribution < -0.4 is 5.32 Å². The Morgan fingerprint density at radius 2 is 1.83 bits per heavy atom. The molecule has 1 aromatic rings. The van der Waals surface area contributed by atoms with Gasteiger partial charge in [0.1, 0.15) is 5.82 Å². The number of rotatable bonds is 7. The summed E-state index contributed by atoms with van der Waals surface area (Å²) in [4.78, 5) is 0.772. The van der Waals surface area contributed by atoms with E-state index in [0.29, 0.717) is 0 Å². The lowest BCUT2D eigenvalue weighted by Crippen LogP contribution is -2.34. The highest BCUT2D eigenvalue weighted by molar-refractivity contribution is 7.99. The molecule has 1 aromatic carbocycles. The Balaban J connectivity index is 1.40. The van der Waals surface area contributed by atoms with Crippen LogP contribution in [0.3, 0.4) is 0 Å². The van der Waals surface area contributed by atoms with Gasteiger partial charge >= 0.3 is 0 Å². The summed E-state index contributed by atoms with van der Waals surface area (Å²) in [6, 6.07) is 7.79. The van der Waals surface area contributed by atoms with Crippen molar-refractivity contribution in [3.8, 4) is 0 Å². The fourth-order valence-electron chi connectivity index (χ4n) is 2.58. The summed E-state index contributed by atoms with van der Waals surface area (Å²) in [5.41, 5.74) is 0. The molecule has 0 amide bonds. The third-order valence-electron chi connectivity index (χ3n) is 3.84. The van der Waals surface area contributed by atoms with Crippen LogP contribution in [-0.4, -0.2) is 18.3 Å². The van der Waals surface area contributed by atoms with Gasteiger partial charge < -0.3 is 5.32 Å². The van der Waals surface area contributed by atoms with E-state index < -0.39 is 0 Å². The molecule has 1 nitrogen and oxygen atoms in total. The monoisotopic (exact) mass is 265 g/mol. The van der Waals surface area contributed by atoms with E-state index in [9.17, 15) is 4.39 Å². The lowest BCUT2D eigenvalue weighted by molar-refractivity contribution is 0.429. The predicted octanol–water partition coefficient (Wildman–Crippen LogP) is 3.70. The summed E-state index contributed by atoms with van der Waals surface area (Å²) in [5.74, 6) is 2.74. The molecular formula is C15H20FNS. The molecule has 0 atom stereocenters. The van der Waals surface area contributed by atoms with Crippen molar-refractivity contribution in [3.63, 3.8) is 0 Å². The second-order valence-electron chi connectivity index (χ2n) is 5.43. The zero-order valence-corrected chi connectivity index (χ0v) is 11.4. The molecule has 2 aliphatic rings. The summed E-state index contributed by atoms with van der Waals surface area (Å²) in [6.45, 7) is 0.997. The zero-order chi connectivity index (χ0) is 12.4. The van der Waals surface area contributed by atoms with Crippen LogP contribution >= 0.6 is 11.8 Å². The number of benzene rings is 1. The number of hydrogen-bond donors (Lipinski definition) is 1. The normalized spacial score (nSPS) is 19.4. The fraction of sp³-hybridized carbons (Fsp3) is 0.600. The summed E-state index contributed by atoms with van der Waals surface area (Å²) in [6.07, 6.45) is 5.65. The van der Waals surface area contributed by atoms with E-state index in [2.05, 4.69) is 5.32 Å². The second kappa shape index (κ2) is 5.62. The first-order valence-corrected chi connectivity index (χ1v) is 7.94. The standard InChI is InChI=1S/C15H20FNS/c16-13-3-1-2-4-14(13)18-10-9-17-15(11-5-6-11)12-7-8-12/h1-4,11-12,15,17H,5-10H2. The smallest absolute Gasteiger partial charge is 0.136 e. The SMILES string of the molecule is Fc1ccccc1SCCNC(C1CC1)C1CC1. The van der Waals surface area contributed by atoms with Gasteiger partial charge in [0, 0.05) is 23.2 Å². The van der Waals surface area contributed by atoms with Crippen LogP contribution in [0.4, 0.5) is 4.39 Å². The number of hydrogen-bond acceptors (Lipinski definition) is 2. The molecule has 98 valence electrons. The van der Waals surface area contributed by atoms with Crippen molar-refractivity contribution in [1.82, 2.24) is 5.32 Å². The van der Waals surface area contributed by atoms with Crippen LogP contribution in [0.2, 0.25) is 0 Å². The average Bonchev–Trinajstić information content (AvgIpc) is 3.25. The molecule has 2 aliphatic carbocycles. The minimum atomic E-state index is -0.0940. The summed E-state index contributed by atoms with van der Waals surface area (Å²) >= 11 is 1.62. The van der Waals surface area contributed by atoms with Gasteiger partial charge in [-0.1, -0.05) is 12.1 Å². The van der Waals surface area contributed by atoms with Gasteiger partial charge in [0.15, 0.2) is 0 Å². The molecule has 0 unspecified atom stereocenters. The zero-order valence-electron chi connectivity index (χ0n) is 10.6. The molecule has 3 rings (SSSR count). The van der Waals surface area contributed by atoms with Crippen molar-refractivity contribution >= 4 is 11.8 Å². The Labute approximate surface area is 113 Å². The third kappa shape index (κ3) is 3.27. The Kier molecular flexibility index (Phi) is 3.90. The first-order valence-electron chi connectivity index (χ1n) is 6.95. The van der Waals surface area contributed by atoms with Crippen molar-refractivity contribution in [2.75, 3.05) is 12.3 Å². The van der Waals surface area contributed by atoms with Crippen LogP contribution in [-0.2, 0) is 0 Å². The predicted molar refractivity (Wildman–Crippen MR) is 74.4 cm³/mol. The van der Waals surface area contributed by atoms with E-state index in [4.69, 9.17) is 0 Å². The van der Waals surface area contributed by atoms with E-state index in [0.717, 1.165) is 35.1 Å². The average molecular weight is 265 g/mol. The quantitative estimate of drug-likeness (QED) is 0.596. The van der Waals surface area contributed by atoms with Gasteiger partial charge in [0.05, 0.1) is 0 Å². The third-order valence-corrected chi connectivity index (χ3v) is 4.89. The maximum atomic E-state index is 13.4. The maximum absolute atomic E-state index is 13.4. The largest absolute Gasteiger partial charge is 0.313 e. The molecule has 3 heteroatoms. The lowest BCUT2D eigenvalue weighted by atomic mass is 10.1. The van der Waals surface area contributed by atoms with Gasteiger partial charge in [-0.15, -0.1) is 11.8 Å². The minimum Gasteiger partial charge on any atom is -0.313 e. The Morgan fingerprint density at radius 1 is 1.17 bits per heavy atom. The molecule has 0 bridgehead atoms. The number of thioether (sulfide) groups is 1. The highest BCUT2D eigenvalue weighted by atomic mass is 32.2. The Morgan fingerprint density at radius 3 is 2.44 bits per heavy atom. The van der Waals surface area contributed by atoms with Crippen LogP contribution in [0.25, 0.3) is 0 Å². The van der Waals surface area contributed by atoms with Crippen LogP contribution in [0.5, 0.6) is 0 Å². The molecule has 2 saturated carbocycles. The van der Waals surface area contributed by atoms with Gasteiger partial charge in [-0.05, 0) is 49.7 Å².